The van der Waals surface area contributed by atoms with E-state index in [1.807, 2.05) is 0 Å². The van der Waals surface area contributed by atoms with Gasteiger partial charge in [0.1, 0.15) is 23.2 Å². The van der Waals surface area contributed by atoms with Gasteiger partial charge in [0.05, 0.1) is 11.1 Å². The maximum atomic E-state index is 13.0. The predicted octanol–water partition coefficient (Wildman–Crippen LogP) is 6.16. The third-order valence-electron chi connectivity index (χ3n) is 3.01. The number of aldehydes is 2. The molecule has 0 heterocycles. The molecule has 0 saturated carbocycles. The molecule has 3 nitrogen and oxygen atoms in total. The molecule has 0 bridgehead atoms. The standard InChI is InChI=1S/C10H8F4O2.C7H4F2O.C3H8/c1-6(10(12,13)14)16-9-4-2-3-8(11)7(9)5-15;8-6-2-1-3-7(9)5(6)4-10;1-3-2/h2-6H,1H3;1-4H;3H2,1-2H3. The number of alkyl halides is 3. The summed E-state index contributed by atoms with van der Waals surface area (Å²) in [6, 6.07) is 6.52. The van der Waals surface area contributed by atoms with Crippen LogP contribution in [0.5, 0.6) is 5.75 Å². The fourth-order valence-corrected chi connectivity index (χ4v) is 1.61. The van der Waals surface area contributed by atoms with Crippen LogP contribution in [0.25, 0.3) is 0 Å². The average molecular weight is 422 g/mol. The first-order valence-electron chi connectivity index (χ1n) is 8.39. The Hall–Kier alpha value is -2.84. The van der Waals surface area contributed by atoms with Crippen molar-refractivity contribution < 1.29 is 40.7 Å². The Morgan fingerprint density at radius 1 is 0.862 bits per heavy atom. The summed E-state index contributed by atoms with van der Waals surface area (Å²) in [5, 5.41) is 0. The smallest absolute Gasteiger partial charge is 0.425 e. The molecule has 29 heavy (non-hydrogen) atoms. The lowest BCUT2D eigenvalue weighted by Crippen LogP contribution is -2.31. The van der Waals surface area contributed by atoms with E-state index >= 15 is 0 Å². The Labute approximate surface area is 164 Å². The molecule has 0 aliphatic heterocycles. The van der Waals surface area contributed by atoms with Gasteiger partial charge in [-0.2, -0.15) is 13.2 Å². The van der Waals surface area contributed by atoms with E-state index < -0.39 is 46.6 Å². The van der Waals surface area contributed by atoms with Gasteiger partial charge < -0.3 is 4.74 Å². The molecule has 0 radical (unpaired) electrons. The summed E-state index contributed by atoms with van der Waals surface area (Å²) in [6.45, 7) is 5.03. The zero-order valence-corrected chi connectivity index (χ0v) is 15.9. The van der Waals surface area contributed by atoms with Gasteiger partial charge >= 0.3 is 6.18 Å². The Morgan fingerprint density at radius 2 is 1.24 bits per heavy atom. The zero-order valence-electron chi connectivity index (χ0n) is 15.9. The van der Waals surface area contributed by atoms with Gasteiger partial charge in [-0.3, -0.25) is 9.59 Å². The van der Waals surface area contributed by atoms with E-state index in [2.05, 4.69) is 18.6 Å². The molecule has 0 aliphatic carbocycles. The number of halogens is 6. The number of benzene rings is 2. The second-order valence-corrected chi connectivity index (χ2v) is 5.53. The van der Waals surface area contributed by atoms with Gasteiger partial charge in [0, 0.05) is 0 Å². The first kappa shape index (κ1) is 26.2. The summed E-state index contributed by atoms with van der Waals surface area (Å²) in [7, 11) is 0. The Balaban J connectivity index is 0.000000514. The maximum absolute atomic E-state index is 13.0. The van der Waals surface area contributed by atoms with Crippen molar-refractivity contribution >= 4 is 12.6 Å². The molecule has 9 heteroatoms. The third-order valence-corrected chi connectivity index (χ3v) is 3.01. The van der Waals surface area contributed by atoms with Crippen molar-refractivity contribution in [2.24, 2.45) is 0 Å². The SMILES string of the molecule is CC(Oc1cccc(F)c1C=O)C(F)(F)F.CCC.O=Cc1c(F)cccc1F. The van der Waals surface area contributed by atoms with Gasteiger partial charge in [-0.15, -0.1) is 0 Å². The fourth-order valence-electron chi connectivity index (χ4n) is 1.61. The quantitative estimate of drug-likeness (QED) is 0.438. The second-order valence-electron chi connectivity index (χ2n) is 5.53. The van der Waals surface area contributed by atoms with Gasteiger partial charge in [-0.1, -0.05) is 32.4 Å². The summed E-state index contributed by atoms with van der Waals surface area (Å²) in [5.41, 5.74) is -1.03. The van der Waals surface area contributed by atoms with E-state index in [0.29, 0.717) is 0 Å². The molecule has 2 rings (SSSR count). The molecule has 0 N–H and O–H groups in total. The molecule has 2 aromatic carbocycles. The van der Waals surface area contributed by atoms with Crippen LogP contribution in [0.1, 0.15) is 47.9 Å². The Bertz CT molecular complexity index is 770. The van der Waals surface area contributed by atoms with Crippen molar-refractivity contribution in [3.05, 3.63) is 65.0 Å². The van der Waals surface area contributed by atoms with Crippen LogP contribution >= 0.6 is 0 Å². The van der Waals surface area contributed by atoms with Crippen LogP contribution in [0.4, 0.5) is 26.3 Å². The van der Waals surface area contributed by atoms with Crippen molar-refractivity contribution in [2.75, 3.05) is 0 Å². The first-order valence-corrected chi connectivity index (χ1v) is 8.39. The van der Waals surface area contributed by atoms with Gasteiger partial charge in [-0.25, -0.2) is 13.2 Å². The molecule has 0 amide bonds. The second kappa shape index (κ2) is 12.6. The number of carbonyl (C=O) groups is 2. The van der Waals surface area contributed by atoms with E-state index in [0.717, 1.165) is 31.2 Å². The van der Waals surface area contributed by atoms with Crippen molar-refractivity contribution in [3.63, 3.8) is 0 Å². The summed E-state index contributed by atoms with van der Waals surface area (Å²) in [6.07, 6.45) is -5.14. The normalized spacial score (nSPS) is 11.2. The molecule has 1 unspecified atom stereocenters. The van der Waals surface area contributed by atoms with Crippen molar-refractivity contribution in [1.82, 2.24) is 0 Å². The van der Waals surface area contributed by atoms with Gasteiger partial charge in [0.2, 0.25) is 0 Å². The van der Waals surface area contributed by atoms with Crippen LogP contribution < -0.4 is 4.74 Å². The Kier molecular flexibility index (Phi) is 11.4. The number of hydrogen-bond acceptors (Lipinski definition) is 3. The van der Waals surface area contributed by atoms with E-state index in [1.165, 1.54) is 18.6 Å². The highest BCUT2D eigenvalue weighted by Gasteiger charge is 2.38. The number of carbonyl (C=O) groups excluding carboxylic acids is 2. The molecule has 0 spiro atoms. The van der Waals surface area contributed by atoms with Crippen molar-refractivity contribution in [2.45, 2.75) is 39.5 Å². The Morgan fingerprint density at radius 3 is 1.59 bits per heavy atom. The van der Waals surface area contributed by atoms with Crippen molar-refractivity contribution in [3.8, 4) is 5.75 Å². The molecular formula is C20H20F6O3. The van der Waals surface area contributed by atoms with E-state index in [4.69, 9.17) is 0 Å². The van der Waals surface area contributed by atoms with Gasteiger partial charge in [0.25, 0.3) is 0 Å². The monoisotopic (exact) mass is 422 g/mol. The van der Waals surface area contributed by atoms with Crippen LogP contribution in [-0.4, -0.2) is 24.9 Å². The minimum absolute atomic E-state index is 0.119. The van der Waals surface area contributed by atoms with Gasteiger partial charge in [-0.05, 0) is 31.2 Å². The molecular weight excluding hydrogens is 402 g/mol. The summed E-state index contributed by atoms with van der Waals surface area (Å²) >= 11 is 0. The highest BCUT2D eigenvalue weighted by Crippen LogP contribution is 2.27. The zero-order chi connectivity index (χ0) is 22.6. The highest BCUT2D eigenvalue weighted by molar-refractivity contribution is 5.79. The molecule has 0 fully saturated rings. The van der Waals surface area contributed by atoms with Crippen LogP contribution in [0.2, 0.25) is 0 Å². The molecule has 0 saturated heterocycles. The fraction of sp³-hybridized carbons (Fsp3) is 0.300. The van der Waals surface area contributed by atoms with E-state index in [1.54, 1.807) is 0 Å². The largest absolute Gasteiger partial charge is 0.480 e. The molecule has 2 aromatic rings. The molecule has 0 aliphatic rings. The highest BCUT2D eigenvalue weighted by atomic mass is 19.4. The molecule has 0 aromatic heterocycles. The average Bonchev–Trinajstić information content (AvgIpc) is 2.62. The van der Waals surface area contributed by atoms with Crippen LogP contribution in [0.3, 0.4) is 0 Å². The minimum atomic E-state index is -4.56. The van der Waals surface area contributed by atoms with Crippen molar-refractivity contribution in [1.29, 1.82) is 0 Å². The van der Waals surface area contributed by atoms with E-state index in [9.17, 15) is 35.9 Å². The van der Waals surface area contributed by atoms with E-state index in [-0.39, 0.29) is 12.6 Å². The summed E-state index contributed by atoms with van der Waals surface area (Å²) in [4.78, 5) is 20.4. The lowest BCUT2D eigenvalue weighted by atomic mass is 10.2. The molecule has 1 atom stereocenters. The number of rotatable bonds is 4. The predicted molar refractivity (Wildman–Crippen MR) is 95.6 cm³/mol. The third kappa shape index (κ3) is 8.80. The minimum Gasteiger partial charge on any atom is -0.480 e. The van der Waals surface area contributed by atoms with Crippen LogP contribution in [0, 0.1) is 17.5 Å². The lowest BCUT2D eigenvalue weighted by molar-refractivity contribution is -0.189. The van der Waals surface area contributed by atoms with Gasteiger partial charge in [0.15, 0.2) is 18.7 Å². The van der Waals surface area contributed by atoms with Crippen LogP contribution in [0.15, 0.2) is 36.4 Å². The number of ether oxygens (including phenoxy) is 1. The van der Waals surface area contributed by atoms with Crippen LogP contribution in [-0.2, 0) is 0 Å². The molecule has 160 valence electrons. The summed E-state index contributed by atoms with van der Waals surface area (Å²) in [5.74, 6) is -2.98. The lowest BCUT2D eigenvalue weighted by Gasteiger charge is -2.18. The topological polar surface area (TPSA) is 43.4 Å². The number of hydrogen-bond donors (Lipinski definition) is 0. The summed E-state index contributed by atoms with van der Waals surface area (Å²) < 4.78 is 78.7. The maximum Gasteiger partial charge on any atom is 0.425 e. The first-order chi connectivity index (χ1) is 13.5.